The topological polar surface area (TPSA) is 105 Å². The van der Waals surface area contributed by atoms with Crippen LogP contribution in [0.25, 0.3) is 22.0 Å². The fourth-order valence-corrected chi connectivity index (χ4v) is 5.18. The highest BCUT2D eigenvalue weighted by atomic mass is 16.5. The van der Waals surface area contributed by atoms with E-state index in [1.165, 1.54) is 0 Å². The Morgan fingerprint density at radius 3 is 2.62 bits per heavy atom. The number of morpholine rings is 1. The first-order chi connectivity index (χ1) is 18.9. The van der Waals surface area contributed by atoms with Crippen molar-refractivity contribution in [1.29, 1.82) is 0 Å². The van der Waals surface area contributed by atoms with Gasteiger partial charge in [-0.15, -0.1) is 0 Å². The summed E-state index contributed by atoms with van der Waals surface area (Å²) in [5, 5.41) is 8.35. The van der Waals surface area contributed by atoms with Crippen molar-refractivity contribution in [2.45, 2.75) is 53.1 Å². The Morgan fingerprint density at radius 2 is 1.92 bits per heavy atom. The van der Waals surface area contributed by atoms with E-state index in [0.717, 1.165) is 65.0 Å². The minimum absolute atomic E-state index is 0.123. The van der Waals surface area contributed by atoms with Crippen LogP contribution in [0.3, 0.4) is 0 Å². The van der Waals surface area contributed by atoms with Crippen molar-refractivity contribution in [3.63, 3.8) is 0 Å². The molecule has 39 heavy (non-hydrogen) atoms. The van der Waals surface area contributed by atoms with Gasteiger partial charge in [-0.05, 0) is 68.7 Å². The van der Waals surface area contributed by atoms with Crippen molar-refractivity contribution in [3.05, 3.63) is 75.5 Å². The number of aromatic amines is 1. The summed E-state index contributed by atoms with van der Waals surface area (Å²) < 4.78 is 7.38. The van der Waals surface area contributed by atoms with Gasteiger partial charge in [-0.1, -0.05) is 13.3 Å². The second-order valence-corrected chi connectivity index (χ2v) is 10.4. The highest BCUT2D eigenvalue weighted by Crippen LogP contribution is 2.30. The number of hydrogen-bond acceptors (Lipinski definition) is 6. The fraction of sp³-hybridized carbons (Fsp3) is 0.400. The molecule has 1 amide bonds. The van der Waals surface area contributed by atoms with Crippen LogP contribution in [-0.2, 0) is 17.7 Å². The maximum Gasteiger partial charge on any atom is 0.253 e. The van der Waals surface area contributed by atoms with Gasteiger partial charge in [-0.25, -0.2) is 4.98 Å². The zero-order valence-corrected chi connectivity index (χ0v) is 23.1. The molecule has 5 rings (SSSR count). The second kappa shape index (κ2) is 11.4. The Bertz CT molecular complexity index is 1530. The number of hydrogen-bond donors (Lipinski definition) is 2. The number of carbonyl (C=O) groups excluding carboxylic acids is 1. The van der Waals surface area contributed by atoms with Gasteiger partial charge in [0.1, 0.15) is 5.82 Å². The van der Waals surface area contributed by atoms with Crippen LogP contribution in [0, 0.1) is 6.92 Å². The predicted octanol–water partition coefficient (Wildman–Crippen LogP) is 4.40. The molecule has 1 aromatic carbocycles. The SMILES string of the molecule is CCCc1cc(C)[nH]c(=O)c1CNC(=O)c1cc(-c2ccc(N3CCOCC3)nc2)cc2c1cnn2C(C)C. The van der Waals surface area contributed by atoms with E-state index in [1.807, 2.05) is 42.1 Å². The van der Waals surface area contributed by atoms with Crippen LogP contribution in [0.4, 0.5) is 5.82 Å². The van der Waals surface area contributed by atoms with Crippen LogP contribution >= 0.6 is 0 Å². The van der Waals surface area contributed by atoms with Gasteiger partial charge in [0.2, 0.25) is 0 Å². The van der Waals surface area contributed by atoms with Crippen molar-refractivity contribution < 1.29 is 9.53 Å². The van der Waals surface area contributed by atoms with Gasteiger partial charge in [0.15, 0.2) is 0 Å². The average molecular weight is 529 g/mol. The molecule has 0 aliphatic carbocycles. The normalized spacial score (nSPS) is 13.8. The van der Waals surface area contributed by atoms with Gasteiger partial charge in [0.05, 0.1) is 30.5 Å². The standard InChI is InChI=1S/C30H36N6O3/c1-5-6-21-13-20(4)34-30(38)25(21)17-32-29(37)24-14-23(15-27-26(24)18-33-36(27)19(2)3)22-7-8-28(31-16-22)35-9-11-39-12-10-35/h7-8,13-16,18-19H,5-6,9-12,17H2,1-4H3,(H,32,37)(H,34,38). The van der Waals surface area contributed by atoms with Gasteiger partial charge in [-0.2, -0.15) is 5.10 Å². The van der Waals surface area contributed by atoms with E-state index in [-0.39, 0.29) is 24.1 Å². The van der Waals surface area contributed by atoms with Crippen LogP contribution in [0.2, 0.25) is 0 Å². The summed E-state index contributed by atoms with van der Waals surface area (Å²) in [5.41, 5.74) is 5.44. The number of benzene rings is 1. The molecule has 4 heterocycles. The molecule has 2 N–H and O–H groups in total. The van der Waals surface area contributed by atoms with Crippen LogP contribution in [0.15, 0.2) is 47.5 Å². The first-order valence-corrected chi connectivity index (χ1v) is 13.7. The molecule has 4 aromatic rings. The van der Waals surface area contributed by atoms with Gasteiger partial charge >= 0.3 is 0 Å². The minimum Gasteiger partial charge on any atom is -0.378 e. The first-order valence-electron chi connectivity index (χ1n) is 13.7. The fourth-order valence-electron chi connectivity index (χ4n) is 5.18. The largest absolute Gasteiger partial charge is 0.378 e. The molecule has 204 valence electrons. The van der Waals surface area contributed by atoms with Gasteiger partial charge in [0.25, 0.3) is 11.5 Å². The Kier molecular flexibility index (Phi) is 7.79. The van der Waals surface area contributed by atoms with E-state index in [4.69, 9.17) is 9.72 Å². The maximum absolute atomic E-state index is 13.6. The predicted molar refractivity (Wildman–Crippen MR) is 153 cm³/mol. The number of carbonyl (C=O) groups is 1. The molecule has 9 heteroatoms. The molecule has 0 unspecified atom stereocenters. The van der Waals surface area contributed by atoms with Crippen molar-refractivity contribution >= 4 is 22.6 Å². The molecular weight excluding hydrogens is 492 g/mol. The molecule has 0 radical (unpaired) electrons. The van der Waals surface area contributed by atoms with Crippen LogP contribution in [-0.4, -0.2) is 52.0 Å². The number of aryl methyl sites for hydroxylation is 2. The number of nitrogens with one attached hydrogen (secondary N) is 2. The summed E-state index contributed by atoms with van der Waals surface area (Å²) in [7, 11) is 0. The molecule has 3 aromatic heterocycles. The average Bonchev–Trinajstić information content (AvgIpc) is 3.37. The van der Waals surface area contributed by atoms with Gasteiger partial charge < -0.3 is 19.9 Å². The molecule has 0 saturated carbocycles. The molecular formula is C30H36N6O3. The lowest BCUT2D eigenvalue weighted by molar-refractivity contribution is 0.0952. The smallest absolute Gasteiger partial charge is 0.253 e. The number of nitrogens with zero attached hydrogens (tertiary/aromatic N) is 4. The number of ether oxygens (including phenoxy) is 1. The molecule has 0 spiro atoms. The second-order valence-electron chi connectivity index (χ2n) is 10.4. The number of anilines is 1. The number of rotatable bonds is 8. The van der Waals surface area contributed by atoms with E-state index in [1.54, 1.807) is 6.20 Å². The van der Waals surface area contributed by atoms with Crippen molar-refractivity contribution in [2.75, 3.05) is 31.2 Å². The zero-order chi connectivity index (χ0) is 27.5. The van der Waals surface area contributed by atoms with Crippen LogP contribution in [0.5, 0.6) is 0 Å². The van der Waals surface area contributed by atoms with E-state index in [0.29, 0.717) is 24.3 Å². The first kappa shape index (κ1) is 26.6. The third-order valence-corrected chi connectivity index (χ3v) is 7.17. The van der Waals surface area contributed by atoms with Gasteiger partial charge in [0, 0.05) is 54.1 Å². The third-order valence-electron chi connectivity index (χ3n) is 7.17. The molecule has 0 bridgehead atoms. The third kappa shape index (κ3) is 5.59. The maximum atomic E-state index is 13.6. The molecule has 1 aliphatic heterocycles. The Balaban J connectivity index is 1.48. The summed E-state index contributed by atoms with van der Waals surface area (Å²) in [5.74, 6) is 0.671. The van der Waals surface area contributed by atoms with E-state index >= 15 is 0 Å². The van der Waals surface area contributed by atoms with Crippen LogP contribution in [0.1, 0.15) is 60.4 Å². The Hall–Kier alpha value is -3.98. The van der Waals surface area contributed by atoms with Crippen molar-refractivity contribution in [2.24, 2.45) is 0 Å². The lowest BCUT2D eigenvalue weighted by atomic mass is 10.00. The summed E-state index contributed by atoms with van der Waals surface area (Å²) in [6.45, 7) is 11.3. The van der Waals surface area contributed by atoms with Crippen molar-refractivity contribution in [1.82, 2.24) is 25.1 Å². The summed E-state index contributed by atoms with van der Waals surface area (Å²) in [6, 6.07) is 10.1. The Morgan fingerprint density at radius 1 is 1.13 bits per heavy atom. The minimum atomic E-state index is -0.245. The number of amides is 1. The number of H-pyrrole nitrogens is 1. The van der Waals surface area contributed by atoms with Crippen LogP contribution < -0.4 is 15.8 Å². The van der Waals surface area contributed by atoms with E-state index < -0.39 is 0 Å². The monoisotopic (exact) mass is 528 g/mol. The van der Waals surface area contributed by atoms with E-state index in [2.05, 4.69) is 47.1 Å². The molecule has 1 aliphatic rings. The lowest BCUT2D eigenvalue weighted by Gasteiger charge is -2.27. The molecule has 1 fully saturated rings. The van der Waals surface area contributed by atoms with E-state index in [9.17, 15) is 9.59 Å². The van der Waals surface area contributed by atoms with Gasteiger partial charge in [-0.3, -0.25) is 14.3 Å². The lowest BCUT2D eigenvalue weighted by Crippen LogP contribution is -2.36. The quantitative estimate of drug-likeness (QED) is 0.351. The summed E-state index contributed by atoms with van der Waals surface area (Å²) >= 11 is 0. The number of fused-ring (bicyclic) bond motifs is 1. The van der Waals surface area contributed by atoms with Crippen molar-refractivity contribution in [3.8, 4) is 11.1 Å². The summed E-state index contributed by atoms with van der Waals surface area (Å²) in [6.07, 6.45) is 5.30. The zero-order valence-electron chi connectivity index (χ0n) is 23.1. The Labute approximate surface area is 228 Å². The summed E-state index contributed by atoms with van der Waals surface area (Å²) in [4.78, 5) is 36.1. The molecule has 1 saturated heterocycles. The number of aromatic nitrogens is 4. The number of pyridine rings is 2. The molecule has 9 nitrogen and oxygen atoms in total. The highest BCUT2D eigenvalue weighted by molar-refractivity contribution is 6.08. The molecule has 0 atom stereocenters. The highest BCUT2D eigenvalue weighted by Gasteiger charge is 2.19.